The summed E-state index contributed by atoms with van der Waals surface area (Å²) in [6.45, 7) is 0.726. The lowest BCUT2D eigenvalue weighted by Crippen LogP contribution is -2.53. The molecule has 2 aliphatic rings. The number of hydrogen-bond acceptors (Lipinski definition) is 3. The summed E-state index contributed by atoms with van der Waals surface area (Å²) < 4.78 is 38.1. The molecule has 4 rings (SSSR count). The van der Waals surface area contributed by atoms with Gasteiger partial charge in [-0.05, 0) is 61.7 Å². The molecule has 5 nitrogen and oxygen atoms in total. The number of carbonyl (C=O) groups excluding carboxylic acids is 2. The van der Waals surface area contributed by atoms with E-state index in [-0.39, 0.29) is 17.8 Å². The summed E-state index contributed by atoms with van der Waals surface area (Å²) in [5.74, 6) is -0.466. The molecule has 0 aromatic heterocycles. The summed E-state index contributed by atoms with van der Waals surface area (Å²) in [7, 11) is 1.92. The topological polar surface area (TPSA) is 52.7 Å². The van der Waals surface area contributed by atoms with Gasteiger partial charge in [0.15, 0.2) is 0 Å². The molecule has 0 aliphatic carbocycles. The van der Waals surface area contributed by atoms with Crippen LogP contribution in [-0.4, -0.2) is 36.5 Å². The fraction of sp³-hybridized carbons (Fsp3) is 0.364. The Balaban J connectivity index is 1.57. The van der Waals surface area contributed by atoms with Crippen LogP contribution in [0.1, 0.15) is 52.0 Å². The number of benzene rings is 2. The molecule has 158 valence electrons. The van der Waals surface area contributed by atoms with E-state index >= 15 is 0 Å². The Kier molecular flexibility index (Phi) is 5.17. The zero-order chi connectivity index (χ0) is 21.5. The molecule has 1 N–H and O–H groups in total. The molecule has 2 heterocycles. The van der Waals surface area contributed by atoms with Gasteiger partial charge in [0.2, 0.25) is 0 Å². The van der Waals surface area contributed by atoms with Crippen LogP contribution in [0, 0.1) is 0 Å². The second kappa shape index (κ2) is 7.66. The Morgan fingerprint density at radius 3 is 2.50 bits per heavy atom. The van der Waals surface area contributed by atoms with Crippen molar-refractivity contribution in [1.29, 1.82) is 0 Å². The van der Waals surface area contributed by atoms with Crippen molar-refractivity contribution in [2.24, 2.45) is 0 Å². The summed E-state index contributed by atoms with van der Waals surface area (Å²) in [6.07, 6.45) is -0.457. The third-order valence-electron chi connectivity index (χ3n) is 5.77. The van der Waals surface area contributed by atoms with E-state index in [1.165, 1.54) is 12.1 Å². The maximum Gasteiger partial charge on any atom is 0.416 e. The summed E-state index contributed by atoms with van der Waals surface area (Å²) in [4.78, 5) is 29.5. The first kappa shape index (κ1) is 20.3. The van der Waals surface area contributed by atoms with E-state index in [0.29, 0.717) is 16.8 Å². The van der Waals surface area contributed by atoms with Gasteiger partial charge in [-0.3, -0.25) is 9.59 Å². The molecule has 1 saturated heterocycles. The van der Waals surface area contributed by atoms with Crippen LogP contribution in [0.25, 0.3) is 0 Å². The van der Waals surface area contributed by atoms with Gasteiger partial charge in [0.05, 0.1) is 16.8 Å². The summed E-state index contributed by atoms with van der Waals surface area (Å²) in [5.41, 5.74) is 1.09. The molecule has 0 spiro atoms. The predicted octanol–water partition coefficient (Wildman–Crippen LogP) is 4.75. The highest BCUT2D eigenvalue weighted by atomic mass is 19.4. The Hall–Kier alpha value is -3.03. The van der Waals surface area contributed by atoms with Crippen LogP contribution in [0.4, 0.5) is 24.5 Å². The molecule has 0 saturated carbocycles. The number of alkyl halides is 3. The average Bonchev–Trinajstić information content (AvgIpc) is 2.98. The van der Waals surface area contributed by atoms with Crippen molar-refractivity contribution < 1.29 is 22.8 Å². The van der Waals surface area contributed by atoms with E-state index in [4.69, 9.17) is 0 Å². The number of nitrogens with one attached hydrogen (secondary N) is 1. The van der Waals surface area contributed by atoms with Crippen LogP contribution in [0.5, 0.6) is 0 Å². The molecule has 2 aromatic rings. The molecule has 2 aromatic carbocycles. The zero-order valence-electron chi connectivity index (χ0n) is 16.5. The van der Waals surface area contributed by atoms with Gasteiger partial charge in [0.1, 0.15) is 6.17 Å². The number of amides is 2. The Morgan fingerprint density at radius 2 is 1.80 bits per heavy atom. The third-order valence-corrected chi connectivity index (χ3v) is 5.77. The highest BCUT2D eigenvalue weighted by Gasteiger charge is 2.36. The minimum Gasteiger partial charge on any atom is -0.354 e. The lowest BCUT2D eigenvalue weighted by molar-refractivity contribution is -0.137. The maximum atomic E-state index is 12.9. The molecule has 30 heavy (non-hydrogen) atoms. The van der Waals surface area contributed by atoms with E-state index in [0.717, 1.165) is 44.4 Å². The van der Waals surface area contributed by atoms with Gasteiger partial charge in [-0.1, -0.05) is 6.42 Å². The van der Waals surface area contributed by atoms with Crippen LogP contribution in [0.2, 0.25) is 0 Å². The van der Waals surface area contributed by atoms with E-state index in [2.05, 4.69) is 5.32 Å². The van der Waals surface area contributed by atoms with Crippen molar-refractivity contribution in [3.8, 4) is 0 Å². The fourth-order valence-corrected chi connectivity index (χ4v) is 4.14. The SMILES string of the molecule is CN1c2cc(C(=O)Nc3ccc(C(F)(F)F)cc3)ccc2C(=O)N2CCCCC[C@H]21. The standard InChI is InChI=1S/C22H22F3N3O2/c1-27-18-13-14(20(29)26-16-9-7-15(8-10-16)22(23,24)25)6-11-17(18)21(30)28-12-4-2-3-5-19(27)28/h6-11,13,19H,2-5,12H2,1H3,(H,26,29)/t19-/m0/s1. The fourth-order valence-electron chi connectivity index (χ4n) is 4.14. The molecule has 8 heteroatoms. The van der Waals surface area contributed by atoms with Gasteiger partial charge in [0.25, 0.3) is 11.8 Å². The van der Waals surface area contributed by atoms with E-state index in [1.54, 1.807) is 18.2 Å². The molecule has 0 bridgehead atoms. The zero-order valence-corrected chi connectivity index (χ0v) is 16.5. The number of nitrogens with zero attached hydrogens (tertiary/aromatic N) is 2. The predicted molar refractivity (Wildman–Crippen MR) is 108 cm³/mol. The first-order valence-corrected chi connectivity index (χ1v) is 9.92. The summed E-state index contributed by atoms with van der Waals surface area (Å²) >= 11 is 0. The lowest BCUT2D eigenvalue weighted by Gasteiger charge is -2.43. The summed E-state index contributed by atoms with van der Waals surface area (Å²) in [5, 5.41) is 2.62. The first-order valence-electron chi connectivity index (χ1n) is 9.92. The number of carbonyl (C=O) groups is 2. The molecule has 2 amide bonds. The van der Waals surface area contributed by atoms with Crippen molar-refractivity contribution in [2.45, 2.75) is 38.0 Å². The van der Waals surface area contributed by atoms with Crippen molar-refractivity contribution in [3.05, 3.63) is 59.2 Å². The van der Waals surface area contributed by atoms with Gasteiger partial charge >= 0.3 is 6.18 Å². The number of rotatable bonds is 2. The van der Waals surface area contributed by atoms with E-state index < -0.39 is 17.6 Å². The van der Waals surface area contributed by atoms with Gasteiger partial charge in [-0.2, -0.15) is 13.2 Å². The molecule has 2 aliphatic heterocycles. The number of halogens is 3. The number of fused-ring (bicyclic) bond motifs is 2. The van der Waals surface area contributed by atoms with Gasteiger partial charge < -0.3 is 15.1 Å². The van der Waals surface area contributed by atoms with Crippen LogP contribution in [-0.2, 0) is 6.18 Å². The normalized spacial score (nSPS) is 19.1. The molecule has 1 fully saturated rings. The number of hydrogen-bond donors (Lipinski definition) is 1. The Morgan fingerprint density at radius 1 is 1.07 bits per heavy atom. The van der Waals surface area contributed by atoms with E-state index in [1.807, 2.05) is 16.8 Å². The molecule has 1 atom stereocenters. The van der Waals surface area contributed by atoms with Crippen molar-refractivity contribution in [3.63, 3.8) is 0 Å². The third kappa shape index (κ3) is 3.74. The van der Waals surface area contributed by atoms with Crippen molar-refractivity contribution in [1.82, 2.24) is 4.90 Å². The highest BCUT2D eigenvalue weighted by Crippen LogP contribution is 2.35. The van der Waals surface area contributed by atoms with Crippen molar-refractivity contribution in [2.75, 3.05) is 23.8 Å². The quantitative estimate of drug-likeness (QED) is 0.767. The first-order chi connectivity index (χ1) is 14.3. The maximum absolute atomic E-state index is 12.9. The molecular weight excluding hydrogens is 395 g/mol. The highest BCUT2D eigenvalue weighted by molar-refractivity contribution is 6.08. The molecule has 0 unspecified atom stereocenters. The lowest BCUT2D eigenvalue weighted by atomic mass is 10.0. The molecule has 0 radical (unpaired) electrons. The van der Waals surface area contributed by atoms with E-state index in [9.17, 15) is 22.8 Å². The van der Waals surface area contributed by atoms with Crippen LogP contribution >= 0.6 is 0 Å². The Labute approximate surface area is 172 Å². The Bertz CT molecular complexity index is 973. The van der Waals surface area contributed by atoms with Crippen LogP contribution in [0.3, 0.4) is 0 Å². The summed E-state index contributed by atoms with van der Waals surface area (Å²) in [6, 6.07) is 9.19. The minimum atomic E-state index is -4.43. The van der Waals surface area contributed by atoms with Crippen LogP contribution in [0.15, 0.2) is 42.5 Å². The smallest absolute Gasteiger partial charge is 0.354 e. The monoisotopic (exact) mass is 417 g/mol. The van der Waals surface area contributed by atoms with Crippen LogP contribution < -0.4 is 10.2 Å². The second-order valence-electron chi connectivity index (χ2n) is 7.70. The van der Waals surface area contributed by atoms with Gasteiger partial charge in [0, 0.05) is 24.8 Å². The second-order valence-corrected chi connectivity index (χ2v) is 7.70. The van der Waals surface area contributed by atoms with Gasteiger partial charge in [-0.25, -0.2) is 0 Å². The average molecular weight is 417 g/mol. The van der Waals surface area contributed by atoms with Gasteiger partial charge in [-0.15, -0.1) is 0 Å². The largest absolute Gasteiger partial charge is 0.416 e. The molecular formula is C22H22F3N3O2. The van der Waals surface area contributed by atoms with Crippen molar-refractivity contribution >= 4 is 23.2 Å². The minimum absolute atomic E-state index is 0.0234. The number of anilines is 2.